The van der Waals surface area contributed by atoms with Crippen LogP contribution in [0, 0.1) is 0 Å². The van der Waals surface area contributed by atoms with E-state index in [1.54, 1.807) is 7.05 Å². The predicted octanol–water partition coefficient (Wildman–Crippen LogP) is 4.39. The number of aliphatic imine (C=N–C) groups is 1. The van der Waals surface area contributed by atoms with Gasteiger partial charge in [0.15, 0.2) is 17.5 Å². The summed E-state index contributed by atoms with van der Waals surface area (Å²) in [6, 6.07) is 13.5. The van der Waals surface area contributed by atoms with Crippen molar-refractivity contribution in [1.29, 1.82) is 0 Å². The van der Waals surface area contributed by atoms with E-state index < -0.39 is 0 Å². The molecule has 1 heterocycles. The highest BCUT2D eigenvalue weighted by molar-refractivity contribution is 14.0. The number of ether oxygens (including phenoxy) is 2. The standard InChI is InChI=1S/C22H28N4O3.HI/c1-3-5-21(27)25-17-8-6-16(7-9-17)15-24-22(23-2)26-18-10-11-19-20(14-18)29-13-4-12-28-19;/h6-11,14H,3-5,12-13,15H2,1-2H3,(H,25,27)(H2,23,24,26);1H. The number of amides is 1. The van der Waals surface area contributed by atoms with Crippen LogP contribution in [-0.2, 0) is 11.3 Å². The molecule has 3 N–H and O–H groups in total. The maximum absolute atomic E-state index is 11.7. The smallest absolute Gasteiger partial charge is 0.224 e. The van der Waals surface area contributed by atoms with Crippen molar-refractivity contribution in [2.24, 2.45) is 4.99 Å². The summed E-state index contributed by atoms with van der Waals surface area (Å²) in [4.78, 5) is 15.9. The van der Waals surface area contributed by atoms with Gasteiger partial charge >= 0.3 is 0 Å². The predicted molar refractivity (Wildman–Crippen MR) is 131 cm³/mol. The van der Waals surface area contributed by atoms with Crippen LogP contribution >= 0.6 is 24.0 Å². The summed E-state index contributed by atoms with van der Waals surface area (Å²) >= 11 is 0. The number of carbonyl (C=O) groups is 1. The highest BCUT2D eigenvalue weighted by Crippen LogP contribution is 2.32. The van der Waals surface area contributed by atoms with Crippen molar-refractivity contribution in [3.63, 3.8) is 0 Å². The summed E-state index contributed by atoms with van der Waals surface area (Å²) in [6.45, 7) is 3.91. The Balaban J connectivity index is 0.00000320. The van der Waals surface area contributed by atoms with Gasteiger partial charge in [0.25, 0.3) is 0 Å². The Hall–Kier alpha value is -2.49. The minimum atomic E-state index is 0. The Morgan fingerprint density at radius 3 is 2.40 bits per heavy atom. The number of nitrogens with one attached hydrogen (secondary N) is 3. The second-order valence-electron chi connectivity index (χ2n) is 6.76. The van der Waals surface area contributed by atoms with Gasteiger partial charge in [0.1, 0.15) is 0 Å². The number of benzene rings is 2. The number of nitrogens with zero attached hydrogens (tertiary/aromatic N) is 1. The molecule has 1 amide bonds. The third-order valence-electron chi connectivity index (χ3n) is 4.41. The van der Waals surface area contributed by atoms with E-state index in [0.29, 0.717) is 32.1 Å². The fourth-order valence-electron chi connectivity index (χ4n) is 2.90. The number of rotatable bonds is 6. The molecule has 3 rings (SSSR count). The minimum Gasteiger partial charge on any atom is -0.490 e. The molecule has 0 radical (unpaired) electrons. The Labute approximate surface area is 194 Å². The van der Waals surface area contributed by atoms with Crippen molar-refractivity contribution in [2.75, 3.05) is 30.9 Å². The lowest BCUT2D eigenvalue weighted by Crippen LogP contribution is -2.30. The topological polar surface area (TPSA) is 84.0 Å². The first-order valence-corrected chi connectivity index (χ1v) is 9.94. The van der Waals surface area contributed by atoms with E-state index in [-0.39, 0.29) is 29.9 Å². The van der Waals surface area contributed by atoms with Gasteiger partial charge in [-0.05, 0) is 36.2 Å². The first-order valence-electron chi connectivity index (χ1n) is 9.94. The molecule has 2 aromatic rings. The van der Waals surface area contributed by atoms with Crippen molar-refractivity contribution in [3.8, 4) is 11.5 Å². The average Bonchev–Trinajstić information content (AvgIpc) is 2.97. The van der Waals surface area contributed by atoms with E-state index in [1.165, 1.54) is 0 Å². The second-order valence-corrected chi connectivity index (χ2v) is 6.76. The zero-order chi connectivity index (χ0) is 20.5. The van der Waals surface area contributed by atoms with Crippen LogP contribution in [-0.4, -0.2) is 32.1 Å². The fraction of sp³-hybridized carbons (Fsp3) is 0.364. The van der Waals surface area contributed by atoms with Crippen molar-refractivity contribution < 1.29 is 14.3 Å². The number of fused-ring (bicyclic) bond motifs is 1. The molecule has 0 bridgehead atoms. The molecule has 1 aliphatic heterocycles. The number of hydrogen-bond donors (Lipinski definition) is 3. The normalized spacial score (nSPS) is 12.9. The van der Waals surface area contributed by atoms with Gasteiger partial charge in [-0.2, -0.15) is 0 Å². The number of guanidine groups is 1. The Kier molecular flexibility index (Phi) is 9.72. The number of carbonyl (C=O) groups excluding carboxylic acids is 1. The molecule has 0 atom stereocenters. The van der Waals surface area contributed by atoms with Crippen LogP contribution in [0.2, 0.25) is 0 Å². The van der Waals surface area contributed by atoms with E-state index in [1.807, 2.05) is 49.4 Å². The van der Waals surface area contributed by atoms with Crippen LogP contribution in [0.5, 0.6) is 11.5 Å². The SMILES string of the molecule is CCCC(=O)Nc1ccc(CNC(=NC)Nc2ccc3c(c2)OCCCO3)cc1.I. The van der Waals surface area contributed by atoms with Gasteiger partial charge in [-0.25, -0.2) is 0 Å². The third-order valence-corrected chi connectivity index (χ3v) is 4.41. The zero-order valence-electron chi connectivity index (χ0n) is 17.4. The van der Waals surface area contributed by atoms with Crippen molar-refractivity contribution in [2.45, 2.75) is 32.7 Å². The molecular formula is C22H29IN4O3. The molecule has 162 valence electrons. The zero-order valence-corrected chi connectivity index (χ0v) is 19.7. The lowest BCUT2D eigenvalue weighted by atomic mass is 10.2. The van der Waals surface area contributed by atoms with Gasteiger partial charge in [-0.15, -0.1) is 24.0 Å². The third kappa shape index (κ3) is 7.08. The monoisotopic (exact) mass is 524 g/mol. The van der Waals surface area contributed by atoms with Crippen molar-refractivity contribution in [1.82, 2.24) is 5.32 Å². The molecule has 0 aromatic heterocycles. The molecule has 0 saturated carbocycles. The van der Waals surface area contributed by atoms with Gasteiger partial charge in [0.2, 0.25) is 5.91 Å². The lowest BCUT2D eigenvalue weighted by molar-refractivity contribution is -0.116. The van der Waals surface area contributed by atoms with E-state index in [0.717, 1.165) is 41.3 Å². The van der Waals surface area contributed by atoms with Gasteiger partial charge in [0.05, 0.1) is 13.2 Å². The molecule has 0 saturated heterocycles. The summed E-state index contributed by atoms with van der Waals surface area (Å²) < 4.78 is 11.4. The van der Waals surface area contributed by atoms with Gasteiger partial charge in [-0.1, -0.05) is 19.1 Å². The molecule has 8 heteroatoms. The number of anilines is 2. The van der Waals surface area contributed by atoms with Crippen LogP contribution in [0.1, 0.15) is 31.7 Å². The second kappa shape index (κ2) is 12.3. The summed E-state index contributed by atoms with van der Waals surface area (Å²) in [5.41, 5.74) is 2.76. The summed E-state index contributed by atoms with van der Waals surface area (Å²) in [5, 5.41) is 9.44. The Bertz CT molecular complexity index is 856. The molecule has 30 heavy (non-hydrogen) atoms. The number of hydrogen-bond acceptors (Lipinski definition) is 4. The lowest BCUT2D eigenvalue weighted by Gasteiger charge is -2.14. The quantitative estimate of drug-likeness (QED) is 0.297. The molecule has 0 aliphatic carbocycles. The molecule has 7 nitrogen and oxygen atoms in total. The first-order chi connectivity index (χ1) is 14.2. The van der Waals surface area contributed by atoms with Crippen LogP contribution in [0.25, 0.3) is 0 Å². The van der Waals surface area contributed by atoms with E-state index in [4.69, 9.17) is 9.47 Å². The van der Waals surface area contributed by atoms with Gasteiger partial charge in [0, 0.05) is 43.9 Å². The maximum Gasteiger partial charge on any atom is 0.224 e. The van der Waals surface area contributed by atoms with E-state index in [9.17, 15) is 4.79 Å². The summed E-state index contributed by atoms with van der Waals surface area (Å²) in [6.07, 6.45) is 2.25. The van der Waals surface area contributed by atoms with Crippen LogP contribution in [0.3, 0.4) is 0 Å². The Morgan fingerprint density at radius 1 is 1.00 bits per heavy atom. The highest BCUT2D eigenvalue weighted by Gasteiger charge is 2.11. The van der Waals surface area contributed by atoms with E-state index >= 15 is 0 Å². The Morgan fingerprint density at radius 2 is 1.70 bits per heavy atom. The number of halogens is 1. The highest BCUT2D eigenvalue weighted by atomic mass is 127. The molecule has 1 aliphatic rings. The molecule has 2 aromatic carbocycles. The summed E-state index contributed by atoms with van der Waals surface area (Å²) in [7, 11) is 1.73. The molecule has 0 spiro atoms. The fourth-order valence-corrected chi connectivity index (χ4v) is 2.90. The van der Waals surface area contributed by atoms with Gasteiger partial charge in [-0.3, -0.25) is 9.79 Å². The first kappa shape index (κ1) is 23.8. The van der Waals surface area contributed by atoms with Crippen molar-refractivity contribution in [3.05, 3.63) is 48.0 Å². The van der Waals surface area contributed by atoms with Crippen LogP contribution in [0.15, 0.2) is 47.5 Å². The average molecular weight is 524 g/mol. The molecular weight excluding hydrogens is 495 g/mol. The van der Waals surface area contributed by atoms with Crippen LogP contribution in [0.4, 0.5) is 11.4 Å². The van der Waals surface area contributed by atoms with Gasteiger partial charge < -0.3 is 25.4 Å². The maximum atomic E-state index is 11.7. The minimum absolute atomic E-state index is 0. The van der Waals surface area contributed by atoms with E-state index in [2.05, 4.69) is 20.9 Å². The largest absolute Gasteiger partial charge is 0.490 e. The molecule has 0 unspecified atom stereocenters. The molecule has 0 fully saturated rings. The van der Waals surface area contributed by atoms with Crippen molar-refractivity contribution >= 4 is 47.2 Å². The van der Waals surface area contributed by atoms with Crippen LogP contribution < -0.4 is 25.4 Å². The summed E-state index contributed by atoms with van der Waals surface area (Å²) in [5.74, 6) is 2.20.